The lowest BCUT2D eigenvalue weighted by Gasteiger charge is -2.06. The smallest absolute Gasteiger partial charge is 0.198 e. The van der Waals surface area contributed by atoms with Crippen LogP contribution in [-0.2, 0) is 6.42 Å². The van der Waals surface area contributed by atoms with Crippen molar-refractivity contribution in [1.29, 1.82) is 0 Å². The Morgan fingerprint density at radius 3 is 2.71 bits per heavy atom. The molecule has 4 nitrogen and oxygen atoms in total. The first-order valence-corrected chi connectivity index (χ1v) is 5.74. The molecule has 4 heteroatoms. The summed E-state index contributed by atoms with van der Waals surface area (Å²) in [5.41, 5.74) is 7.77. The van der Waals surface area contributed by atoms with Gasteiger partial charge in [0.25, 0.3) is 0 Å². The normalized spacial score (nSPS) is 11.1. The monoisotopic (exact) mass is 231 g/mol. The molecule has 2 aromatic heterocycles. The Labute approximate surface area is 101 Å². The van der Waals surface area contributed by atoms with Gasteiger partial charge in [0, 0.05) is 11.8 Å². The van der Waals surface area contributed by atoms with E-state index >= 15 is 0 Å². The summed E-state index contributed by atoms with van der Waals surface area (Å²) in [5.74, 6) is 2.29. The molecule has 0 spiro atoms. The fourth-order valence-electron chi connectivity index (χ4n) is 1.74. The van der Waals surface area contributed by atoms with E-state index in [0.717, 1.165) is 17.7 Å². The van der Waals surface area contributed by atoms with Gasteiger partial charge in [0.15, 0.2) is 11.6 Å². The second-order valence-electron chi connectivity index (χ2n) is 4.64. The molecule has 2 rings (SSSR count). The minimum atomic E-state index is 0.487. The minimum absolute atomic E-state index is 0.487. The molecule has 0 saturated carbocycles. The van der Waals surface area contributed by atoms with Gasteiger partial charge in [-0.25, -0.2) is 9.97 Å². The molecule has 0 bridgehead atoms. The second-order valence-corrected chi connectivity index (χ2v) is 4.64. The second kappa shape index (κ2) is 4.57. The molecule has 2 heterocycles. The summed E-state index contributed by atoms with van der Waals surface area (Å²) in [6.07, 6.45) is 2.53. The van der Waals surface area contributed by atoms with Gasteiger partial charge < -0.3 is 10.2 Å². The summed E-state index contributed by atoms with van der Waals surface area (Å²) in [4.78, 5) is 8.71. The van der Waals surface area contributed by atoms with Crippen LogP contribution >= 0.6 is 0 Å². The summed E-state index contributed by atoms with van der Waals surface area (Å²) in [6.45, 7) is 6.26. The van der Waals surface area contributed by atoms with Crippen molar-refractivity contribution in [3.8, 4) is 11.6 Å². The zero-order valence-corrected chi connectivity index (χ0v) is 10.4. The summed E-state index contributed by atoms with van der Waals surface area (Å²) in [6, 6.07) is 3.71. The number of nitrogens with two attached hydrogens (primary N) is 1. The predicted molar refractivity (Wildman–Crippen MR) is 67.4 cm³/mol. The lowest BCUT2D eigenvalue weighted by Crippen LogP contribution is -2.03. The van der Waals surface area contributed by atoms with Gasteiger partial charge in [-0.05, 0) is 30.9 Å². The van der Waals surface area contributed by atoms with E-state index in [-0.39, 0.29) is 0 Å². The quantitative estimate of drug-likeness (QED) is 0.882. The van der Waals surface area contributed by atoms with E-state index in [9.17, 15) is 0 Å². The van der Waals surface area contributed by atoms with Crippen LogP contribution in [0, 0.1) is 12.8 Å². The number of nitrogen functional groups attached to an aromatic ring is 1. The van der Waals surface area contributed by atoms with Gasteiger partial charge in [-0.3, -0.25) is 0 Å². The third kappa shape index (κ3) is 2.64. The molecule has 0 aromatic carbocycles. The first-order chi connectivity index (χ1) is 8.06. The van der Waals surface area contributed by atoms with Crippen molar-refractivity contribution in [2.75, 3.05) is 5.73 Å². The van der Waals surface area contributed by atoms with Crippen molar-refractivity contribution in [3.63, 3.8) is 0 Å². The average Bonchev–Trinajstić information content (AvgIpc) is 2.62. The number of hydrogen-bond donors (Lipinski definition) is 1. The highest BCUT2D eigenvalue weighted by Gasteiger charge is 2.11. The zero-order chi connectivity index (χ0) is 12.4. The van der Waals surface area contributed by atoms with Crippen molar-refractivity contribution >= 4 is 5.82 Å². The van der Waals surface area contributed by atoms with E-state index in [1.807, 2.05) is 19.1 Å². The number of nitrogens with zero attached hydrogens (tertiary/aromatic N) is 2. The zero-order valence-electron chi connectivity index (χ0n) is 10.4. The van der Waals surface area contributed by atoms with Crippen LogP contribution in [0.15, 0.2) is 22.8 Å². The molecule has 17 heavy (non-hydrogen) atoms. The first-order valence-electron chi connectivity index (χ1n) is 5.74. The number of aromatic nitrogens is 2. The van der Waals surface area contributed by atoms with E-state index in [1.54, 1.807) is 6.26 Å². The molecule has 0 unspecified atom stereocenters. The molecule has 0 fully saturated rings. The maximum Gasteiger partial charge on any atom is 0.198 e. The summed E-state index contributed by atoms with van der Waals surface area (Å²) in [5, 5.41) is 0. The van der Waals surface area contributed by atoms with Gasteiger partial charge in [-0.15, -0.1) is 0 Å². The van der Waals surface area contributed by atoms with E-state index in [2.05, 4.69) is 23.8 Å². The van der Waals surface area contributed by atoms with Crippen LogP contribution in [0.3, 0.4) is 0 Å². The summed E-state index contributed by atoms with van der Waals surface area (Å²) < 4.78 is 5.38. The van der Waals surface area contributed by atoms with Crippen molar-refractivity contribution < 1.29 is 4.42 Å². The third-order valence-corrected chi connectivity index (χ3v) is 2.48. The van der Waals surface area contributed by atoms with Gasteiger partial charge in [-0.1, -0.05) is 13.8 Å². The predicted octanol–water partition coefficient (Wildman–Crippen LogP) is 2.83. The van der Waals surface area contributed by atoms with Crippen LogP contribution in [0.5, 0.6) is 0 Å². The molecule has 0 aliphatic carbocycles. The van der Waals surface area contributed by atoms with Crippen molar-refractivity contribution in [3.05, 3.63) is 29.7 Å². The summed E-state index contributed by atoms with van der Waals surface area (Å²) in [7, 11) is 0. The number of anilines is 1. The van der Waals surface area contributed by atoms with Crippen LogP contribution in [0.4, 0.5) is 5.82 Å². The molecular weight excluding hydrogens is 214 g/mol. The van der Waals surface area contributed by atoms with Gasteiger partial charge >= 0.3 is 0 Å². The number of furan rings is 1. The molecule has 2 N–H and O–H groups in total. The van der Waals surface area contributed by atoms with E-state index in [1.165, 1.54) is 0 Å². The lowest BCUT2D eigenvalue weighted by atomic mass is 10.1. The largest absolute Gasteiger partial charge is 0.461 e. The lowest BCUT2D eigenvalue weighted by molar-refractivity contribution is 0.573. The van der Waals surface area contributed by atoms with Crippen LogP contribution < -0.4 is 5.73 Å². The first kappa shape index (κ1) is 11.6. The highest BCUT2D eigenvalue weighted by atomic mass is 16.3. The highest BCUT2D eigenvalue weighted by Crippen LogP contribution is 2.22. The van der Waals surface area contributed by atoms with Crippen LogP contribution in [-0.4, -0.2) is 9.97 Å². The maximum atomic E-state index is 5.80. The summed E-state index contributed by atoms with van der Waals surface area (Å²) >= 11 is 0. The van der Waals surface area contributed by atoms with E-state index < -0.39 is 0 Å². The fraction of sp³-hybridized carbons (Fsp3) is 0.385. The van der Waals surface area contributed by atoms with E-state index in [4.69, 9.17) is 10.2 Å². The average molecular weight is 231 g/mol. The Kier molecular flexibility index (Phi) is 3.13. The van der Waals surface area contributed by atoms with Crippen molar-refractivity contribution in [1.82, 2.24) is 9.97 Å². The van der Waals surface area contributed by atoms with Gasteiger partial charge in [-0.2, -0.15) is 0 Å². The Morgan fingerprint density at radius 1 is 1.35 bits per heavy atom. The van der Waals surface area contributed by atoms with E-state index in [0.29, 0.717) is 23.3 Å². The Morgan fingerprint density at radius 2 is 2.12 bits per heavy atom. The van der Waals surface area contributed by atoms with Gasteiger partial charge in [0.2, 0.25) is 0 Å². The molecule has 2 aromatic rings. The highest BCUT2D eigenvalue weighted by molar-refractivity contribution is 5.54. The maximum absolute atomic E-state index is 5.80. The third-order valence-electron chi connectivity index (χ3n) is 2.48. The van der Waals surface area contributed by atoms with Crippen LogP contribution in [0.25, 0.3) is 11.6 Å². The number of rotatable bonds is 3. The van der Waals surface area contributed by atoms with Crippen LogP contribution in [0.1, 0.15) is 25.1 Å². The van der Waals surface area contributed by atoms with Crippen LogP contribution in [0.2, 0.25) is 0 Å². The standard InChI is InChI=1S/C13H17N3O/c1-8(2)6-10-7-11(14)16-13(15-10)12-9(3)4-5-17-12/h4-5,7-8H,6H2,1-3H3,(H2,14,15,16). The topological polar surface area (TPSA) is 64.9 Å². The minimum Gasteiger partial charge on any atom is -0.461 e. The molecule has 0 aliphatic heterocycles. The Bertz CT molecular complexity index is 517. The molecule has 0 saturated heterocycles. The van der Waals surface area contributed by atoms with Gasteiger partial charge in [0.1, 0.15) is 5.82 Å². The van der Waals surface area contributed by atoms with Crippen molar-refractivity contribution in [2.24, 2.45) is 5.92 Å². The molecule has 0 amide bonds. The molecule has 90 valence electrons. The Balaban J connectivity index is 2.42. The molecule has 0 radical (unpaired) electrons. The number of hydrogen-bond acceptors (Lipinski definition) is 4. The molecule has 0 aliphatic rings. The van der Waals surface area contributed by atoms with Gasteiger partial charge in [0.05, 0.1) is 6.26 Å². The number of aryl methyl sites for hydroxylation is 1. The molecule has 0 atom stereocenters. The SMILES string of the molecule is Cc1ccoc1-c1nc(N)cc(CC(C)C)n1. The fourth-order valence-corrected chi connectivity index (χ4v) is 1.74. The van der Waals surface area contributed by atoms with Crippen molar-refractivity contribution in [2.45, 2.75) is 27.2 Å². The Hall–Kier alpha value is -1.84. The molecular formula is C13H17N3O.